The lowest BCUT2D eigenvalue weighted by atomic mass is 10.0. The van der Waals surface area contributed by atoms with E-state index in [0.717, 1.165) is 19.5 Å². The summed E-state index contributed by atoms with van der Waals surface area (Å²) < 4.78 is 0. The number of benzene rings is 1. The summed E-state index contributed by atoms with van der Waals surface area (Å²) in [6.07, 6.45) is 4.25. The summed E-state index contributed by atoms with van der Waals surface area (Å²) in [4.78, 5) is 13.2. The number of rotatable bonds is 4. The standard InChI is InChI=1S/C14H17NO2/c1-2-9-15-10-3-4-13(15)11-5-7-12(8-6-11)14(16)17/h2,5-8,13H,1,3-4,9-10H2,(H,16,17). The first kappa shape index (κ1) is 11.9. The molecule has 0 spiro atoms. The summed E-state index contributed by atoms with van der Waals surface area (Å²) in [5, 5.41) is 8.85. The van der Waals surface area contributed by atoms with Crippen LogP contribution in [0.4, 0.5) is 0 Å². The number of carboxylic acid groups (broad SMARTS) is 1. The first-order valence-electron chi connectivity index (χ1n) is 5.90. The molecule has 1 heterocycles. The second-order valence-corrected chi connectivity index (χ2v) is 4.37. The Morgan fingerprint density at radius 1 is 1.47 bits per heavy atom. The molecule has 1 aromatic carbocycles. The van der Waals surface area contributed by atoms with Crippen molar-refractivity contribution in [2.45, 2.75) is 18.9 Å². The third kappa shape index (κ3) is 2.56. The van der Waals surface area contributed by atoms with Crippen LogP contribution in [0.25, 0.3) is 0 Å². The Bertz CT molecular complexity index is 411. The Labute approximate surface area is 101 Å². The molecular formula is C14H17NO2. The summed E-state index contributed by atoms with van der Waals surface area (Å²) >= 11 is 0. The van der Waals surface area contributed by atoms with Gasteiger partial charge in [-0.05, 0) is 37.1 Å². The van der Waals surface area contributed by atoms with Crippen molar-refractivity contribution in [3.8, 4) is 0 Å². The van der Waals surface area contributed by atoms with Gasteiger partial charge in [-0.15, -0.1) is 6.58 Å². The van der Waals surface area contributed by atoms with Gasteiger partial charge in [0.2, 0.25) is 0 Å². The highest BCUT2D eigenvalue weighted by molar-refractivity contribution is 5.87. The van der Waals surface area contributed by atoms with E-state index in [9.17, 15) is 4.79 Å². The van der Waals surface area contributed by atoms with Crippen molar-refractivity contribution in [1.29, 1.82) is 0 Å². The van der Waals surface area contributed by atoms with Gasteiger partial charge >= 0.3 is 5.97 Å². The predicted octanol–water partition coefficient (Wildman–Crippen LogP) is 2.71. The number of nitrogens with zero attached hydrogens (tertiary/aromatic N) is 1. The molecule has 3 heteroatoms. The SMILES string of the molecule is C=CCN1CCCC1c1ccc(C(=O)O)cc1. The third-order valence-electron chi connectivity index (χ3n) is 3.27. The van der Waals surface area contributed by atoms with Gasteiger partial charge in [0.15, 0.2) is 0 Å². The molecule has 0 bridgehead atoms. The van der Waals surface area contributed by atoms with Crippen LogP contribution in [0.1, 0.15) is 34.8 Å². The van der Waals surface area contributed by atoms with Crippen LogP contribution in [0.3, 0.4) is 0 Å². The molecule has 1 aliphatic heterocycles. The average molecular weight is 231 g/mol. The molecule has 90 valence electrons. The van der Waals surface area contributed by atoms with Crippen molar-refractivity contribution in [3.05, 3.63) is 48.0 Å². The Hall–Kier alpha value is -1.61. The lowest BCUT2D eigenvalue weighted by molar-refractivity contribution is 0.0697. The van der Waals surface area contributed by atoms with E-state index < -0.39 is 5.97 Å². The Kier molecular flexibility index (Phi) is 3.59. The van der Waals surface area contributed by atoms with E-state index in [1.807, 2.05) is 18.2 Å². The summed E-state index contributed by atoms with van der Waals surface area (Å²) in [7, 11) is 0. The molecule has 0 amide bonds. The number of carboxylic acids is 1. The first-order valence-corrected chi connectivity index (χ1v) is 5.90. The van der Waals surface area contributed by atoms with E-state index >= 15 is 0 Å². The monoisotopic (exact) mass is 231 g/mol. The molecule has 1 N–H and O–H groups in total. The smallest absolute Gasteiger partial charge is 0.335 e. The highest BCUT2D eigenvalue weighted by Gasteiger charge is 2.24. The minimum absolute atomic E-state index is 0.349. The van der Waals surface area contributed by atoms with E-state index in [2.05, 4.69) is 11.5 Å². The fourth-order valence-corrected chi connectivity index (χ4v) is 2.44. The van der Waals surface area contributed by atoms with Crippen LogP contribution in [0, 0.1) is 0 Å². The lowest BCUT2D eigenvalue weighted by Gasteiger charge is -2.23. The van der Waals surface area contributed by atoms with Gasteiger partial charge in [0.05, 0.1) is 5.56 Å². The highest BCUT2D eigenvalue weighted by Crippen LogP contribution is 2.31. The van der Waals surface area contributed by atoms with Crippen LogP contribution in [0.2, 0.25) is 0 Å². The van der Waals surface area contributed by atoms with Gasteiger partial charge in [-0.1, -0.05) is 18.2 Å². The zero-order valence-corrected chi connectivity index (χ0v) is 9.80. The van der Waals surface area contributed by atoms with E-state index in [0.29, 0.717) is 11.6 Å². The zero-order chi connectivity index (χ0) is 12.3. The number of carbonyl (C=O) groups is 1. The number of likely N-dealkylation sites (tertiary alicyclic amines) is 1. The molecule has 1 atom stereocenters. The maximum atomic E-state index is 10.8. The summed E-state index contributed by atoms with van der Waals surface area (Å²) in [5.74, 6) is -0.870. The quantitative estimate of drug-likeness (QED) is 0.810. The van der Waals surface area contributed by atoms with Crippen LogP contribution in [-0.4, -0.2) is 29.1 Å². The summed E-state index contributed by atoms with van der Waals surface area (Å²) in [6.45, 7) is 5.76. The van der Waals surface area contributed by atoms with Gasteiger partial charge < -0.3 is 5.11 Å². The molecule has 1 saturated heterocycles. The van der Waals surface area contributed by atoms with Crippen LogP contribution in [0.5, 0.6) is 0 Å². The first-order chi connectivity index (χ1) is 8.22. The maximum absolute atomic E-state index is 10.8. The molecule has 0 saturated carbocycles. The fourth-order valence-electron chi connectivity index (χ4n) is 2.44. The predicted molar refractivity (Wildman–Crippen MR) is 67.1 cm³/mol. The van der Waals surface area contributed by atoms with Crippen LogP contribution < -0.4 is 0 Å². The largest absolute Gasteiger partial charge is 0.478 e. The van der Waals surface area contributed by atoms with Gasteiger partial charge in [0.25, 0.3) is 0 Å². The van der Waals surface area contributed by atoms with Gasteiger partial charge in [-0.2, -0.15) is 0 Å². The van der Waals surface area contributed by atoms with E-state index in [4.69, 9.17) is 5.11 Å². The molecule has 0 radical (unpaired) electrons. The van der Waals surface area contributed by atoms with Crippen molar-refractivity contribution in [2.24, 2.45) is 0 Å². The molecule has 1 unspecified atom stereocenters. The van der Waals surface area contributed by atoms with E-state index in [1.165, 1.54) is 12.0 Å². The molecule has 2 rings (SSSR count). The van der Waals surface area contributed by atoms with Crippen molar-refractivity contribution in [3.63, 3.8) is 0 Å². The Morgan fingerprint density at radius 3 is 2.76 bits per heavy atom. The minimum atomic E-state index is -0.870. The van der Waals surface area contributed by atoms with Crippen molar-refractivity contribution in [2.75, 3.05) is 13.1 Å². The molecule has 3 nitrogen and oxygen atoms in total. The zero-order valence-electron chi connectivity index (χ0n) is 9.80. The number of hydrogen-bond acceptors (Lipinski definition) is 2. The molecule has 17 heavy (non-hydrogen) atoms. The van der Waals surface area contributed by atoms with Gasteiger partial charge in [-0.3, -0.25) is 4.90 Å². The second kappa shape index (κ2) is 5.15. The Morgan fingerprint density at radius 2 is 2.18 bits per heavy atom. The molecule has 1 aromatic rings. The van der Waals surface area contributed by atoms with E-state index in [1.54, 1.807) is 12.1 Å². The number of hydrogen-bond donors (Lipinski definition) is 1. The third-order valence-corrected chi connectivity index (χ3v) is 3.27. The second-order valence-electron chi connectivity index (χ2n) is 4.37. The van der Waals surface area contributed by atoms with Crippen molar-refractivity contribution in [1.82, 2.24) is 4.90 Å². The van der Waals surface area contributed by atoms with Crippen molar-refractivity contribution >= 4 is 5.97 Å². The van der Waals surface area contributed by atoms with Gasteiger partial charge in [0.1, 0.15) is 0 Å². The maximum Gasteiger partial charge on any atom is 0.335 e. The number of aromatic carboxylic acids is 1. The minimum Gasteiger partial charge on any atom is -0.478 e. The Balaban J connectivity index is 2.16. The van der Waals surface area contributed by atoms with Crippen LogP contribution >= 0.6 is 0 Å². The van der Waals surface area contributed by atoms with Crippen LogP contribution in [-0.2, 0) is 0 Å². The van der Waals surface area contributed by atoms with Gasteiger partial charge in [-0.25, -0.2) is 4.79 Å². The van der Waals surface area contributed by atoms with Gasteiger partial charge in [0, 0.05) is 12.6 Å². The lowest BCUT2D eigenvalue weighted by Crippen LogP contribution is -2.23. The topological polar surface area (TPSA) is 40.5 Å². The summed E-state index contributed by atoms with van der Waals surface area (Å²) in [6, 6.07) is 7.63. The molecule has 1 fully saturated rings. The average Bonchev–Trinajstić information content (AvgIpc) is 2.78. The molecule has 1 aliphatic rings. The normalized spacial score (nSPS) is 20.4. The van der Waals surface area contributed by atoms with E-state index in [-0.39, 0.29) is 0 Å². The van der Waals surface area contributed by atoms with Crippen LogP contribution in [0.15, 0.2) is 36.9 Å². The van der Waals surface area contributed by atoms with Crippen molar-refractivity contribution < 1.29 is 9.90 Å². The molecule has 0 aromatic heterocycles. The molecular weight excluding hydrogens is 214 g/mol. The fraction of sp³-hybridized carbons (Fsp3) is 0.357. The highest BCUT2D eigenvalue weighted by atomic mass is 16.4. The summed E-state index contributed by atoms with van der Waals surface area (Å²) in [5.41, 5.74) is 1.55. The molecule has 0 aliphatic carbocycles.